The van der Waals surface area contributed by atoms with E-state index in [4.69, 9.17) is 4.74 Å². The number of benzene rings is 2. The topological polar surface area (TPSA) is 68.3 Å². The molecule has 3 rings (SSSR count). The standard InChI is InChI=1S/C20H18F2N2O3S/c21-6-7-27-12-16(25)11-23-19(26)10-20-24-17-5-4-14(9-18(17)28-20)13-2-1-3-15(22)8-13/h1-5,8-9H,6-7,10-12H2,(H,23,26). The summed E-state index contributed by atoms with van der Waals surface area (Å²) in [7, 11) is 0. The van der Waals surface area contributed by atoms with Gasteiger partial charge >= 0.3 is 0 Å². The van der Waals surface area contributed by atoms with Crippen molar-refractivity contribution in [3.8, 4) is 11.1 Å². The first kappa shape index (κ1) is 20.0. The zero-order chi connectivity index (χ0) is 19.9. The number of rotatable bonds is 9. The van der Waals surface area contributed by atoms with Gasteiger partial charge in [0.05, 0.1) is 29.8 Å². The second-order valence-electron chi connectivity index (χ2n) is 6.03. The zero-order valence-electron chi connectivity index (χ0n) is 14.9. The van der Waals surface area contributed by atoms with Crippen LogP contribution in [-0.2, 0) is 20.7 Å². The van der Waals surface area contributed by atoms with Gasteiger partial charge in [-0.15, -0.1) is 11.3 Å². The van der Waals surface area contributed by atoms with Gasteiger partial charge in [0.15, 0.2) is 5.78 Å². The number of halogens is 2. The van der Waals surface area contributed by atoms with E-state index in [1.807, 2.05) is 24.3 Å². The lowest BCUT2D eigenvalue weighted by molar-refractivity contribution is -0.127. The van der Waals surface area contributed by atoms with Crippen LogP contribution in [0, 0.1) is 5.82 Å². The van der Waals surface area contributed by atoms with Crippen LogP contribution in [0.25, 0.3) is 21.3 Å². The smallest absolute Gasteiger partial charge is 0.227 e. The van der Waals surface area contributed by atoms with Gasteiger partial charge < -0.3 is 10.1 Å². The van der Waals surface area contributed by atoms with Crippen LogP contribution in [0.2, 0.25) is 0 Å². The molecular weight excluding hydrogens is 386 g/mol. The fourth-order valence-electron chi connectivity index (χ4n) is 2.58. The fraction of sp³-hybridized carbons (Fsp3) is 0.250. The second kappa shape index (κ2) is 9.48. The number of hydrogen-bond acceptors (Lipinski definition) is 5. The molecule has 1 amide bonds. The minimum atomic E-state index is -0.655. The molecule has 0 aliphatic carbocycles. The highest BCUT2D eigenvalue weighted by molar-refractivity contribution is 7.18. The molecule has 0 aliphatic heterocycles. The molecule has 146 valence electrons. The Kier molecular flexibility index (Phi) is 6.78. The average Bonchev–Trinajstić information content (AvgIpc) is 3.08. The molecule has 1 N–H and O–H groups in total. The van der Waals surface area contributed by atoms with E-state index in [-0.39, 0.29) is 43.7 Å². The van der Waals surface area contributed by atoms with Gasteiger partial charge in [0, 0.05) is 0 Å². The molecule has 3 aromatic rings. The van der Waals surface area contributed by atoms with Crippen molar-refractivity contribution in [2.24, 2.45) is 0 Å². The Balaban J connectivity index is 1.61. The van der Waals surface area contributed by atoms with E-state index < -0.39 is 6.67 Å². The Bertz CT molecular complexity index is 990. The van der Waals surface area contributed by atoms with E-state index in [0.717, 1.165) is 21.3 Å². The summed E-state index contributed by atoms with van der Waals surface area (Å²) in [5.74, 6) is -0.960. The van der Waals surface area contributed by atoms with Crippen LogP contribution in [0.4, 0.5) is 8.78 Å². The Morgan fingerprint density at radius 1 is 1.14 bits per heavy atom. The number of carbonyl (C=O) groups is 2. The third kappa shape index (κ3) is 5.40. The summed E-state index contributed by atoms with van der Waals surface area (Å²) in [4.78, 5) is 27.9. The Morgan fingerprint density at radius 3 is 2.75 bits per heavy atom. The summed E-state index contributed by atoms with van der Waals surface area (Å²) in [5, 5.41) is 3.12. The molecular formula is C20H18F2N2O3S. The average molecular weight is 404 g/mol. The summed E-state index contributed by atoms with van der Waals surface area (Å²) >= 11 is 1.37. The number of Topliss-reactive ketones (excluding diaryl/α,β-unsaturated/α-hetero) is 1. The van der Waals surface area contributed by atoms with Gasteiger partial charge in [-0.25, -0.2) is 13.8 Å². The lowest BCUT2D eigenvalue weighted by atomic mass is 10.1. The number of alkyl halides is 1. The Hall–Kier alpha value is -2.71. The van der Waals surface area contributed by atoms with Crippen molar-refractivity contribution >= 4 is 33.2 Å². The maximum atomic E-state index is 13.4. The molecule has 0 spiro atoms. The first-order valence-electron chi connectivity index (χ1n) is 8.62. The summed E-state index contributed by atoms with van der Waals surface area (Å²) in [6.45, 7) is -1.19. The lowest BCUT2D eigenvalue weighted by Gasteiger charge is -2.03. The summed E-state index contributed by atoms with van der Waals surface area (Å²) in [5.41, 5.74) is 2.39. The molecule has 1 aromatic heterocycles. The predicted molar refractivity (Wildman–Crippen MR) is 104 cm³/mol. The number of nitrogens with one attached hydrogen (secondary N) is 1. The number of carbonyl (C=O) groups excluding carboxylic acids is 2. The largest absolute Gasteiger partial charge is 0.371 e. The summed E-state index contributed by atoms with van der Waals surface area (Å²) in [6.07, 6.45) is 0.0489. The van der Waals surface area contributed by atoms with E-state index >= 15 is 0 Å². The summed E-state index contributed by atoms with van der Waals surface area (Å²) < 4.78 is 31.0. The van der Waals surface area contributed by atoms with Crippen molar-refractivity contribution in [2.45, 2.75) is 6.42 Å². The van der Waals surface area contributed by atoms with Crippen molar-refractivity contribution in [3.63, 3.8) is 0 Å². The molecule has 2 aromatic carbocycles. The molecule has 5 nitrogen and oxygen atoms in total. The predicted octanol–water partition coefficient (Wildman–Crippen LogP) is 3.32. The third-order valence-electron chi connectivity index (χ3n) is 3.87. The molecule has 0 aliphatic rings. The molecule has 28 heavy (non-hydrogen) atoms. The van der Waals surface area contributed by atoms with Gasteiger partial charge in [0.2, 0.25) is 5.91 Å². The van der Waals surface area contributed by atoms with E-state index in [9.17, 15) is 18.4 Å². The van der Waals surface area contributed by atoms with Crippen LogP contribution in [0.5, 0.6) is 0 Å². The molecule has 0 fully saturated rings. The summed E-state index contributed by atoms with van der Waals surface area (Å²) in [6, 6.07) is 11.9. The number of fused-ring (bicyclic) bond motifs is 1. The molecule has 0 radical (unpaired) electrons. The number of ketones is 1. The van der Waals surface area contributed by atoms with Crippen molar-refractivity contribution in [1.29, 1.82) is 0 Å². The molecule has 0 unspecified atom stereocenters. The Labute approximate surface area is 164 Å². The molecule has 0 saturated carbocycles. The molecule has 8 heteroatoms. The molecule has 1 heterocycles. The van der Waals surface area contributed by atoms with E-state index in [2.05, 4.69) is 10.3 Å². The third-order valence-corrected chi connectivity index (χ3v) is 4.89. The monoisotopic (exact) mass is 404 g/mol. The van der Waals surface area contributed by atoms with Gasteiger partial charge in [-0.2, -0.15) is 0 Å². The van der Waals surface area contributed by atoms with Gasteiger partial charge in [0.25, 0.3) is 0 Å². The van der Waals surface area contributed by atoms with Crippen LogP contribution in [0.15, 0.2) is 42.5 Å². The second-order valence-corrected chi connectivity index (χ2v) is 7.15. The quantitative estimate of drug-likeness (QED) is 0.556. The number of aromatic nitrogens is 1. The SMILES string of the molecule is O=C(CNC(=O)Cc1nc2ccc(-c3cccc(F)c3)cc2s1)COCCF. The molecule has 0 saturated heterocycles. The maximum absolute atomic E-state index is 13.4. The van der Waals surface area contributed by atoms with Gasteiger partial charge in [-0.05, 0) is 35.4 Å². The van der Waals surface area contributed by atoms with E-state index in [0.29, 0.717) is 5.01 Å². The highest BCUT2D eigenvalue weighted by Gasteiger charge is 2.11. The van der Waals surface area contributed by atoms with Crippen molar-refractivity contribution < 1.29 is 23.1 Å². The first-order valence-corrected chi connectivity index (χ1v) is 9.44. The normalized spacial score (nSPS) is 10.9. The number of nitrogens with zero attached hydrogens (tertiary/aromatic N) is 1. The minimum Gasteiger partial charge on any atom is -0.371 e. The number of ether oxygens (including phenoxy) is 1. The number of hydrogen-bond donors (Lipinski definition) is 1. The van der Waals surface area contributed by atoms with Crippen LogP contribution < -0.4 is 5.32 Å². The van der Waals surface area contributed by atoms with Crippen molar-refractivity contribution in [2.75, 3.05) is 26.4 Å². The fourth-order valence-corrected chi connectivity index (χ4v) is 3.59. The number of amides is 1. The lowest BCUT2D eigenvalue weighted by Crippen LogP contribution is -2.32. The van der Waals surface area contributed by atoms with Crippen LogP contribution >= 0.6 is 11.3 Å². The van der Waals surface area contributed by atoms with Crippen LogP contribution in [0.3, 0.4) is 0 Å². The highest BCUT2D eigenvalue weighted by atomic mass is 32.1. The molecule has 0 atom stereocenters. The van der Waals surface area contributed by atoms with Gasteiger partial charge in [0.1, 0.15) is 24.1 Å². The van der Waals surface area contributed by atoms with E-state index in [1.54, 1.807) is 6.07 Å². The van der Waals surface area contributed by atoms with E-state index in [1.165, 1.54) is 23.5 Å². The van der Waals surface area contributed by atoms with Crippen molar-refractivity contribution in [3.05, 3.63) is 53.3 Å². The minimum absolute atomic E-state index is 0.0489. The first-order chi connectivity index (χ1) is 13.5. The number of thiazole rings is 1. The van der Waals surface area contributed by atoms with Crippen LogP contribution in [-0.4, -0.2) is 43.1 Å². The zero-order valence-corrected chi connectivity index (χ0v) is 15.7. The Morgan fingerprint density at radius 2 is 1.96 bits per heavy atom. The van der Waals surface area contributed by atoms with Crippen molar-refractivity contribution in [1.82, 2.24) is 10.3 Å². The maximum Gasteiger partial charge on any atom is 0.227 e. The van der Waals surface area contributed by atoms with Gasteiger partial charge in [-0.1, -0.05) is 18.2 Å². The highest BCUT2D eigenvalue weighted by Crippen LogP contribution is 2.28. The van der Waals surface area contributed by atoms with Crippen LogP contribution in [0.1, 0.15) is 5.01 Å². The van der Waals surface area contributed by atoms with Gasteiger partial charge in [-0.3, -0.25) is 9.59 Å². The molecule has 0 bridgehead atoms.